The number of hydrogen-bond acceptors (Lipinski definition) is 9. The number of anilines is 3. The van der Waals surface area contributed by atoms with Crippen molar-refractivity contribution in [1.29, 1.82) is 0 Å². The van der Waals surface area contributed by atoms with Gasteiger partial charge in [-0.05, 0) is 61.3 Å². The van der Waals surface area contributed by atoms with E-state index in [4.69, 9.17) is 5.73 Å². The van der Waals surface area contributed by atoms with Crippen molar-refractivity contribution in [2.24, 2.45) is 0 Å². The van der Waals surface area contributed by atoms with E-state index in [2.05, 4.69) is 25.6 Å². The van der Waals surface area contributed by atoms with Gasteiger partial charge in [-0.1, -0.05) is 29.6 Å². The van der Waals surface area contributed by atoms with Crippen LogP contribution in [0.25, 0.3) is 22.4 Å². The number of likely N-dealkylation sites (N-methyl/N-ethyl adjacent to an activating group) is 1. The van der Waals surface area contributed by atoms with Crippen LogP contribution in [0.1, 0.15) is 24.0 Å². The normalized spacial score (nSPS) is 16.7. The first-order chi connectivity index (χ1) is 17.4. The number of nitrogens with one attached hydrogen (secondary N) is 2. The van der Waals surface area contributed by atoms with Gasteiger partial charge in [-0.15, -0.1) is 0 Å². The van der Waals surface area contributed by atoms with Gasteiger partial charge in [-0.3, -0.25) is 0 Å². The lowest BCUT2D eigenvalue weighted by Crippen LogP contribution is -2.46. The third-order valence-electron chi connectivity index (χ3n) is 6.14. The minimum atomic E-state index is -3.56. The van der Waals surface area contributed by atoms with E-state index in [1.807, 2.05) is 30.4 Å². The van der Waals surface area contributed by atoms with Crippen molar-refractivity contribution in [3.05, 3.63) is 66.0 Å². The zero-order valence-electron chi connectivity index (χ0n) is 19.8. The number of thiazole rings is 1. The molecule has 186 valence electrons. The van der Waals surface area contributed by atoms with Gasteiger partial charge in [-0.25, -0.2) is 23.4 Å². The predicted molar refractivity (Wildman–Crippen MR) is 146 cm³/mol. The van der Waals surface area contributed by atoms with E-state index in [0.717, 1.165) is 40.7 Å². The van der Waals surface area contributed by atoms with Crippen LogP contribution in [0.4, 0.5) is 16.8 Å². The van der Waals surface area contributed by atoms with E-state index in [1.165, 1.54) is 15.6 Å². The molecule has 2 aromatic carbocycles. The first-order valence-electron chi connectivity index (χ1n) is 11.6. The van der Waals surface area contributed by atoms with Crippen LogP contribution in [0, 0.1) is 0 Å². The summed E-state index contributed by atoms with van der Waals surface area (Å²) in [5, 5.41) is 6.94. The lowest BCUT2D eigenvalue weighted by Gasteiger charge is -2.30. The van der Waals surface area contributed by atoms with Crippen molar-refractivity contribution < 1.29 is 8.42 Å². The van der Waals surface area contributed by atoms with Crippen LogP contribution in [-0.2, 0) is 10.0 Å². The molecule has 0 saturated carbocycles. The Kier molecular flexibility index (Phi) is 6.97. The van der Waals surface area contributed by atoms with E-state index >= 15 is 0 Å². The molecule has 2 aromatic heterocycles. The molecule has 1 saturated heterocycles. The van der Waals surface area contributed by atoms with Crippen LogP contribution < -0.4 is 16.4 Å². The van der Waals surface area contributed by atoms with E-state index in [-0.39, 0.29) is 10.9 Å². The molecule has 1 fully saturated rings. The Bertz CT molecular complexity index is 1480. The molecule has 0 radical (unpaired) electrons. The van der Waals surface area contributed by atoms with E-state index in [9.17, 15) is 8.42 Å². The number of piperidine rings is 1. The molecule has 3 heterocycles. The molecule has 1 atom stereocenters. The van der Waals surface area contributed by atoms with Gasteiger partial charge in [0.2, 0.25) is 16.0 Å². The van der Waals surface area contributed by atoms with Crippen molar-refractivity contribution in [2.75, 3.05) is 31.2 Å². The standard InChI is InChI=1S/C25H27N7O2S2/c1-32(20-3-2-12-27-16-20)36(33,34)21-9-7-19(8-10-21)30-25-28-14-18(15-29-25)5-4-17-6-11-22-23(13-17)35-24(26)31-22/h4-11,13-15,20,27H,2-3,12,16H2,1H3,(H2,26,31)(H,28,29,30)/b5-4+. The molecule has 4 aromatic rings. The van der Waals surface area contributed by atoms with Crippen molar-refractivity contribution >= 4 is 60.5 Å². The zero-order valence-corrected chi connectivity index (χ0v) is 21.4. The van der Waals surface area contributed by atoms with E-state index < -0.39 is 10.0 Å². The molecule has 9 nitrogen and oxygen atoms in total. The van der Waals surface area contributed by atoms with Crippen LogP contribution in [0.5, 0.6) is 0 Å². The molecule has 11 heteroatoms. The second-order valence-corrected chi connectivity index (χ2v) is 11.7. The highest BCUT2D eigenvalue weighted by molar-refractivity contribution is 7.89. The Morgan fingerprint density at radius 1 is 1.11 bits per heavy atom. The quantitative estimate of drug-likeness (QED) is 0.334. The highest BCUT2D eigenvalue weighted by Crippen LogP contribution is 2.26. The Hall–Kier alpha value is -3.38. The van der Waals surface area contributed by atoms with Crippen LogP contribution >= 0.6 is 11.3 Å². The average Bonchev–Trinajstić information content (AvgIpc) is 3.28. The number of hydrogen-bond donors (Lipinski definition) is 3. The summed E-state index contributed by atoms with van der Waals surface area (Å²) in [6.07, 6.45) is 9.21. The molecule has 1 aliphatic heterocycles. The summed E-state index contributed by atoms with van der Waals surface area (Å²) in [6, 6.07) is 12.6. The monoisotopic (exact) mass is 521 g/mol. The number of fused-ring (bicyclic) bond motifs is 1. The first-order valence-corrected chi connectivity index (χ1v) is 13.9. The fraction of sp³-hybridized carbons (Fsp3) is 0.240. The highest BCUT2D eigenvalue weighted by Gasteiger charge is 2.28. The maximum atomic E-state index is 13.0. The maximum Gasteiger partial charge on any atom is 0.243 e. The summed E-state index contributed by atoms with van der Waals surface area (Å²) in [6.45, 7) is 1.61. The summed E-state index contributed by atoms with van der Waals surface area (Å²) in [5.74, 6) is 0.426. The molecular weight excluding hydrogens is 494 g/mol. The number of sulfonamides is 1. The lowest BCUT2D eigenvalue weighted by molar-refractivity contribution is 0.300. The molecule has 1 unspecified atom stereocenters. The molecule has 1 aliphatic rings. The Morgan fingerprint density at radius 2 is 1.86 bits per heavy atom. The SMILES string of the molecule is CN(C1CCCNC1)S(=O)(=O)c1ccc(Nc2ncc(/C=C/c3ccc4nc(N)sc4c3)cn2)cc1. The van der Waals surface area contributed by atoms with E-state index in [0.29, 0.717) is 23.3 Å². The van der Waals surface area contributed by atoms with Crippen molar-refractivity contribution in [1.82, 2.24) is 24.6 Å². The minimum absolute atomic E-state index is 0.0306. The minimum Gasteiger partial charge on any atom is -0.375 e. The van der Waals surface area contributed by atoms with Gasteiger partial charge in [0.15, 0.2) is 5.13 Å². The molecule has 0 aliphatic carbocycles. The molecule has 0 bridgehead atoms. The molecule has 0 spiro atoms. The number of nitrogens with two attached hydrogens (primary N) is 1. The second kappa shape index (κ2) is 10.3. The number of nitrogens with zero attached hydrogens (tertiary/aromatic N) is 4. The summed E-state index contributed by atoms with van der Waals surface area (Å²) in [4.78, 5) is 13.3. The molecule has 4 N–H and O–H groups in total. The van der Waals surface area contributed by atoms with Crippen molar-refractivity contribution in [2.45, 2.75) is 23.8 Å². The van der Waals surface area contributed by atoms with Crippen LogP contribution in [0.2, 0.25) is 0 Å². The van der Waals surface area contributed by atoms with Gasteiger partial charge in [0, 0.05) is 43.3 Å². The average molecular weight is 522 g/mol. The lowest BCUT2D eigenvalue weighted by atomic mass is 10.1. The fourth-order valence-corrected chi connectivity index (χ4v) is 6.26. The number of aromatic nitrogens is 3. The zero-order chi connectivity index (χ0) is 25.1. The van der Waals surface area contributed by atoms with Gasteiger partial charge in [0.25, 0.3) is 0 Å². The summed E-state index contributed by atoms with van der Waals surface area (Å²) in [7, 11) is -1.91. The van der Waals surface area contributed by atoms with Crippen molar-refractivity contribution in [3.63, 3.8) is 0 Å². The van der Waals surface area contributed by atoms with Gasteiger partial charge in [0.05, 0.1) is 15.1 Å². The van der Waals surface area contributed by atoms with Gasteiger partial charge >= 0.3 is 0 Å². The summed E-state index contributed by atoms with van der Waals surface area (Å²) < 4.78 is 28.5. The van der Waals surface area contributed by atoms with E-state index in [1.54, 1.807) is 43.7 Å². The fourth-order valence-electron chi connectivity index (χ4n) is 4.09. The number of nitrogen functional groups attached to an aromatic ring is 1. The van der Waals surface area contributed by atoms with Crippen LogP contribution in [-0.4, -0.2) is 53.9 Å². The topological polar surface area (TPSA) is 126 Å². The third kappa shape index (κ3) is 5.39. The largest absolute Gasteiger partial charge is 0.375 e. The third-order valence-corrected chi connectivity index (χ3v) is 8.91. The molecule has 0 amide bonds. The number of benzene rings is 2. The summed E-state index contributed by atoms with van der Waals surface area (Å²) in [5.41, 5.74) is 9.27. The number of rotatable bonds is 7. The maximum absolute atomic E-state index is 13.0. The Balaban J connectivity index is 1.22. The van der Waals surface area contributed by atoms with Crippen molar-refractivity contribution in [3.8, 4) is 0 Å². The highest BCUT2D eigenvalue weighted by atomic mass is 32.2. The molecule has 36 heavy (non-hydrogen) atoms. The molecular formula is C25H27N7O2S2. The van der Waals surface area contributed by atoms with Crippen LogP contribution in [0.15, 0.2) is 59.8 Å². The smallest absolute Gasteiger partial charge is 0.243 e. The Labute approximate surface area is 214 Å². The first kappa shape index (κ1) is 24.3. The Morgan fingerprint density at radius 3 is 2.58 bits per heavy atom. The summed E-state index contributed by atoms with van der Waals surface area (Å²) >= 11 is 1.46. The molecule has 5 rings (SSSR count). The second-order valence-electron chi connectivity index (χ2n) is 8.62. The van der Waals surface area contributed by atoms with Gasteiger partial charge in [-0.2, -0.15) is 4.31 Å². The van der Waals surface area contributed by atoms with Crippen LogP contribution in [0.3, 0.4) is 0 Å². The van der Waals surface area contributed by atoms with Gasteiger partial charge < -0.3 is 16.4 Å². The van der Waals surface area contributed by atoms with Gasteiger partial charge in [0.1, 0.15) is 0 Å². The predicted octanol–water partition coefficient (Wildman–Crippen LogP) is 3.96.